The second-order valence-corrected chi connectivity index (χ2v) is 6.26. The molecule has 0 aliphatic carbocycles. The maximum Gasteiger partial charge on any atom is 0.0344 e. The van der Waals surface area contributed by atoms with E-state index in [1.807, 2.05) is 4.31 Å². The Balaban J connectivity index is 2.30. The van der Waals surface area contributed by atoms with Gasteiger partial charge in [-0.05, 0) is 5.87 Å². The SMILES string of the molecule is C=S(C)(=O)N1CC(NC(C)C)C1. The van der Waals surface area contributed by atoms with Gasteiger partial charge in [0.25, 0.3) is 0 Å². The molecule has 0 bridgehead atoms. The number of hydrogen-bond donors (Lipinski definition) is 1. The summed E-state index contributed by atoms with van der Waals surface area (Å²) in [5, 5.41) is 3.39. The minimum atomic E-state index is -1.94. The van der Waals surface area contributed by atoms with Crippen LogP contribution in [0.4, 0.5) is 0 Å². The van der Waals surface area contributed by atoms with E-state index in [1.165, 1.54) is 0 Å². The summed E-state index contributed by atoms with van der Waals surface area (Å²) in [7, 11) is -1.94. The van der Waals surface area contributed by atoms with Crippen LogP contribution >= 0.6 is 0 Å². The lowest BCUT2D eigenvalue weighted by Crippen LogP contribution is -2.60. The third-order valence-corrected chi connectivity index (χ3v) is 3.35. The summed E-state index contributed by atoms with van der Waals surface area (Å²) in [6.45, 7) is 5.99. The molecule has 72 valence electrons. The van der Waals surface area contributed by atoms with Crippen molar-refractivity contribution in [1.29, 1.82) is 0 Å². The van der Waals surface area contributed by atoms with Crippen LogP contribution in [0.3, 0.4) is 0 Å². The molecule has 3 nitrogen and oxygen atoms in total. The third kappa shape index (κ3) is 2.47. The Morgan fingerprint density at radius 3 is 2.42 bits per heavy atom. The highest BCUT2D eigenvalue weighted by molar-refractivity contribution is 7.97. The number of nitrogens with zero attached hydrogens (tertiary/aromatic N) is 1. The second kappa shape index (κ2) is 3.36. The van der Waals surface area contributed by atoms with Crippen molar-refractivity contribution in [3.63, 3.8) is 0 Å². The predicted octanol–water partition coefficient (Wildman–Crippen LogP) is -0.0702. The molecule has 1 aliphatic heterocycles. The van der Waals surface area contributed by atoms with Gasteiger partial charge in [0.2, 0.25) is 0 Å². The van der Waals surface area contributed by atoms with Gasteiger partial charge in [-0.25, -0.2) is 4.31 Å². The molecule has 0 aromatic heterocycles. The fourth-order valence-electron chi connectivity index (χ4n) is 1.33. The fourth-order valence-corrected chi connectivity index (χ4v) is 2.32. The molecule has 1 unspecified atom stereocenters. The molecular formula is C8H18N2OS. The summed E-state index contributed by atoms with van der Waals surface area (Å²) < 4.78 is 13.3. The quantitative estimate of drug-likeness (QED) is 0.632. The first-order valence-electron chi connectivity index (χ1n) is 4.23. The number of rotatable bonds is 3. The van der Waals surface area contributed by atoms with Crippen molar-refractivity contribution >= 4 is 15.6 Å². The van der Waals surface area contributed by atoms with E-state index in [2.05, 4.69) is 25.0 Å². The Hall–Kier alpha value is -0.0600. The van der Waals surface area contributed by atoms with Gasteiger partial charge in [0.05, 0.1) is 0 Å². The summed E-state index contributed by atoms with van der Waals surface area (Å²) in [6, 6.07) is 1.02. The molecule has 0 aromatic carbocycles. The highest BCUT2D eigenvalue weighted by atomic mass is 32.2. The summed E-state index contributed by atoms with van der Waals surface area (Å²) in [4.78, 5) is 0. The van der Waals surface area contributed by atoms with Crippen molar-refractivity contribution in [3.8, 4) is 0 Å². The molecule has 0 spiro atoms. The summed E-state index contributed by atoms with van der Waals surface area (Å²) >= 11 is 0. The van der Waals surface area contributed by atoms with Gasteiger partial charge in [0, 0.05) is 41.1 Å². The van der Waals surface area contributed by atoms with E-state index >= 15 is 0 Å². The van der Waals surface area contributed by atoms with Gasteiger partial charge in [-0.3, -0.25) is 4.21 Å². The molecule has 1 aliphatic rings. The molecular weight excluding hydrogens is 172 g/mol. The van der Waals surface area contributed by atoms with Crippen LogP contribution in [-0.2, 0) is 9.71 Å². The Morgan fingerprint density at radius 1 is 1.58 bits per heavy atom. The van der Waals surface area contributed by atoms with E-state index in [4.69, 9.17) is 0 Å². The zero-order valence-corrected chi connectivity index (χ0v) is 8.86. The highest BCUT2D eigenvalue weighted by Crippen LogP contribution is 2.12. The van der Waals surface area contributed by atoms with E-state index in [9.17, 15) is 4.21 Å². The van der Waals surface area contributed by atoms with Crippen LogP contribution in [0.15, 0.2) is 0 Å². The molecule has 1 saturated heterocycles. The van der Waals surface area contributed by atoms with E-state index in [0.717, 1.165) is 13.1 Å². The zero-order chi connectivity index (χ0) is 9.35. The molecule has 0 amide bonds. The van der Waals surface area contributed by atoms with Crippen molar-refractivity contribution in [3.05, 3.63) is 0 Å². The lowest BCUT2D eigenvalue weighted by atomic mass is 10.1. The van der Waals surface area contributed by atoms with Gasteiger partial charge in [-0.15, -0.1) is 0 Å². The van der Waals surface area contributed by atoms with Gasteiger partial charge >= 0.3 is 0 Å². The summed E-state index contributed by atoms with van der Waals surface area (Å²) in [6.07, 6.45) is 1.69. The molecule has 1 rings (SSSR count). The maximum absolute atomic E-state index is 11.4. The summed E-state index contributed by atoms with van der Waals surface area (Å²) in [5.74, 6) is 3.63. The molecule has 4 heteroatoms. The Labute approximate surface area is 75.3 Å². The van der Waals surface area contributed by atoms with Gasteiger partial charge < -0.3 is 5.32 Å². The van der Waals surface area contributed by atoms with E-state index < -0.39 is 9.71 Å². The first kappa shape index (κ1) is 10.0. The van der Waals surface area contributed by atoms with Gasteiger partial charge in [-0.2, -0.15) is 0 Å². The van der Waals surface area contributed by atoms with Crippen molar-refractivity contribution in [2.75, 3.05) is 19.3 Å². The van der Waals surface area contributed by atoms with Crippen LogP contribution in [0.2, 0.25) is 0 Å². The minimum Gasteiger partial charge on any atom is -0.309 e. The smallest absolute Gasteiger partial charge is 0.0344 e. The van der Waals surface area contributed by atoms with E-state index in [1.54, 1.807) is 6.26 Å². The van der Waals surface area contributed by atoms with Crippen LogP contribution in [0.1, 0.15) is 13.8 Å². The average molecular weight is 190 g/mol. The van der Waals surface area contributed by atoms with Gasteiger partial charge in [0.1, 0.15) is 0 Å². The Bertz CT molecular complexity index is 240. The number of nitrogens with one attached hydrogen (secondary N) is 1. The van der Waals surface area contributed by atoms with Gasteiger partial charge in [0.15, 0.2) is 0 Å². The molecule has 1 heterocycles. The first-order valence-corrected chi connectivity index (χ1v) is 6.32. The van der Waals surface area contributed by atoms with Crippen LogP contribution in [0.5, 0.6) is 0 Å². The molecule has 1 fully saturated rings. The molecule has 0 saturated carbocycles. The van der Waals surface area contributed by atoms with Crippen LogP contribution in [-0.4, -0.2) is 45.8 Å². The van der Waals surface area contributed by atoms with Gasteiger partial charge in [-0.1, -0.05) is 13.8 Å². The lowest BCUT2D eigenvalue weighted by molar-refractivity contribution is 0.226. The van der Waals surface area contributed by atoms with Crippen molar-refractivity contribution in [2.45, 2.75) is 25.9 Å². The minimum absolute atomic E-state index is 0.507. The van der Waals surface area contributed by atoms with E-state index in [0.29, 0.717) is 12.1 Å². The molecule has 1 N–H and O–H groups in total. The number of hydrogen-bond acceptors (Lipinski definition) is 2. The normalized spacial score (nSPS) is 25.3. The van der Waals surface area contributed by atoms with Crippen molar-refractivity contribution in [2.24, 2.45) is 0 Å². The topological polar surface area (TPSA) is 32.3 Å². The van der Waals surface area contributed by atoms with E-state index in [-0.39, 0.29) is 0 Å². The zero-order valence-electron chi connectivity index (χ0n) is 8.04. The maximum atomic E-state index is 11.4. The summed E-state index contributed by atoms with van der Waals surface area (Å²) in [5.41, 5.74) is 0. The molecule has 0 radical (unpaired) electrons. The second-order valence-electron chi connectivity index (χ2n) is 3.82. The van der Waals surface area contributed by atoms with Crippen molar-refractivity contribution in [1.82, 2.24) is 9.62 Å². The average Bonchev–Trinajstić information content (AvgIpc) is 1.73. The predicted molar refractivity (Wildman–Crippen MR) is 54.8 cm³/mol. The molecule has 0 aromatic rings. The highest BCUT2D eigenvalue weighted by Gasteiger charge is 2.29. The van der Waals surface area contributed by atoms with Crippen LogP contribution < -0.4 is 5.32 Å². The van der Waals surface area contributed by atoms with Crippen LogP contribution in [0.25, 0.3) is 0 Å². The fraction of sp³-hybridized carbons (Fsp3) is 0.875. The van der Waals surface area contributed by atoms with Crippen LogP contribution in [0, 0.1) is 0 Å². The van der Waals surface area contributed by atoms with Crippen molar-refractivity contribution < 1.29 is 4.21 Å². The monoisotopic (exact) mass is 190 g/mol. The standard InChI is InChI=1S/C8H18N2OS/c1-7(2)9-8-5-10(6-8)12(3,4)11/h7-9H,3,5-6H2,1-2,4H3. The first-order chi connectivity index (χ1) is 5.39. The molecule has 1 atom stereocenters. The Kier molecular flexibility index (Phi) is 2.81. The molecule has 12 heavy (non-hydrogen) atoms. The lowest BCUT2D eigenvalue weighted by Gasteiger charge is -2.41. The largest absolute Gasteiger partial charge is 0.309 e. The Morgan fingerprint density at radius 2 is 2.08 bits per heavy atom. The third-order valence-electron chi connectivity index (χ3n) is 1.96.